The van der Waals surface area contributed by atoms with Gasteiger partial charge < -0.3 is 29.3 Å². The number of anilines is 1. The summed E-state index contributed by atoms with van der Waals surface area (Å²) in [6.07, 6.45) is 3.00. The van der Waals surface area contributed by atoms with Crippen LogP contribution in [0.25, 0.3) is 0 Å². The van der Waals surface area contributed by atoms with Crippen molar-refractivity contribution in [1.29, 1.82) is 0 Å². The number of methoxy groups -OCH3 is 1. The Morgan fingerprint density at radius 2 is 1.78 bits per heavy atom. The predicted molar refractivity (Wildman–Crippen MR) is 135 cm³/mol. The fourth-order valence-electron chi connectivity index (χ4n) is 4.93. The summed E-state index contributed by atoms with van der Waals surface area (Å²) in [6.45, 7) is 6.36. The van der Waals surface area contributed by atoms with Crippen molar-refractivity contribution in [2.24, 2.45) is 17.8 Å². The molecule has 0 aromatic heterocycles. The Morgan fingerprint density at radius 3 is 2.44 bits per heavy atom. The van der Waals surface area contributed by atoms with Crippen LogP contribution in [0.5, 0.6) is 5.75 Å². The smallest absolute Gasteiger partial charge is 0.257 e. The number of likely N-dealkylation sites (N-methyl/N-ethyl adjacent to an activating group) is 1. The molecule has 9 nitrogen and oxygen atoms in total. The summed E-state index contributed by atoms with van der Waals surface area (Å²) in [4.78, 5) is 42.9. The third-order valence-corrected chi connectivity index (χ3v) is 7.51. The first-order valence-electron chi connectivity index (χ1n) is 13.0. The molecule has 0 radical (unpaired) electrons. The maximum atomic E-state index is 13.6. The molecular weight excluding hydrogens is 462 g/mol. The molecule has 0 bridgehead atoms. The van der Waals surface area contributed by atoms with Crippen LogP contribution in [0.15, 0.2) is 18.2 Å². The highest BCUT2D eigenvalue weighted by Gasteiger charge is 2.34. The molecule has 1 aliphatic carbocycles. The summed E-state index contributed by atoms with van der Waals surface area (Å²) in [5.41, 5.74) is 0.952. The molecule has 1 saturated carbocycles. The number of hydrogen-bond acceptors (Lipinski definition) is 6. The Morgan fingerprint density at radius 1 is 1.06 bits per heavy atom. The number of hydrogen-bond donors (Lipinski definition) is 1. The van der Waals surface area contributed by atoms with E-state index in [0.29, 0.717) is 43.3 Å². The number of fused-ring (bicyclic) bond motifs is 1. The number of amides is 3. The summed E-state index contributed by atoms with van der Waals surface area (Å²) < 4.78 is 17.4. The fraction of sp³-hybridized carbons (Fsp3) is 0.667. The van der Waals surface area contributed by atoms with Gasteiger partial charge in [0.2, 0.25) is 11.8 Å². The van der Waals surface area contributed by atoms with Gasteiger partial charge in [-0.2, -0.15) is 0 Å². The third kappa shape index (κ3) is 6.18. The second-order valence-corrected chi connectivity index (χ2v) is 10.4. The van der Waals surface area contributed by atoms with E-state index in [1.807, 2.05) is 11.8 Å². The summed E-state index contributed by atoms with van der Waals surface area (Å²) in [7, 11) is 3.38. The Labute approximate surface area is 213 Å². The lowest BCUT2D eigenvalue weighted by molar-refractivity contribution is -0.142. The van der Waals surface area contributed by atoms with E-state index in [9.17, 15) is 14.4 Å². The van der Waals surface area contributed by atoms with Crippen molar-refractivity contribution in [3.8, 4) is 5.75 Å². The molecule has 2 aliphatic heterocycles. The highest BCUT2D eigenvalue weighted by molar-refractivity contribution is 6.00. The van der Waals surface area contributed by atoms with Crippen molar-refractivity contribution >= 4 is 23.4 Å². The Hall–Kier alpha value is -2.65. The van der Waals surface area contributed by atoms with Crippen LogP contribution in [-0.2, 0) is 19.1 Å². The van der Waals surface area contributed by atoms with Gasteiger partial charge in [0.25, 0.3) is 5.91 Å². The van der Waals surface area contributed by atoms with E-state index in [2.05, 4.69) is 12.2 Å². The van der Waals surface area contributed by atoms with Crippen LogP contribution in [0.3, 0.4) is 0 Å². The molecule has 2 fully saturated rings. The first-order chi connectivity index (χ1) is 17.3. The molecule has 1 N–H and O–H groups in total. The van der Waals surface area contributed by atoms with Gasteiger partial charge in [-0.3, -0.25) is 14.4 Å². The van der Waals surface area contributed by atoms with E-state index >= 15 is 0 Å². The van der Waals surface area contributed by atoms with E-state index < -0.39 is 0 Å². The predicted octanol–water partition coefficient (Wildman–Crippen LogP) is 2.79. The summed E-state index contributed by atoms with van der Waals surface area (Å²) in [6, 6.07) is 4.97. The van der Waals surface area contributed by atoms with E-state index in [0.717, 1.165) is 25.7 Å². The number of nitrogens with zero attached hydrogens (tertiary/aromatic N) is 2. The summed E-state index contributed by atoms with van der Waals surface area (Å²) in [5, 5.41) is 2.92. The first-order valence-corrected chi connectivity index (χ1v) is 13.0. The monoisotopic (exact) mass is 501 g/mol. The molecule has 3 amide bonds. The summed E-state index contributed by atoms with van der Waals surface area (Å²) >= 11 is 0. The van der Waals surface area contributed by atoms with Crippen molar-refractivity contribution in [3.63, 3.8) is 0 Å². The minimum Gasteiger partial charge on any atom is -0.491 e. The maximum Gasteiger partial charge on any atom is 0.257 e. The molecular formula is C27H39N3O6. The largest absolute Gasteiger partial charge is 0.491 e. The SMILES string of the molecule is CO[C@@H]1CN(C)C(=O)c2cc(NC(=O)C3CC3)ccc2OC[C@@H](C)N(C(=O)C2CCOCC2)C[C@H]1C. The molecule has 9 heteroatoms. The molecule has 2 heterocycles. The van der Waals surface area contributed by atoms with Crippen molar-refractivity contribution in [1.82, 2.24) is 9.80 Å². The fourth-order valence-corrected chi connectivity index (χ4v) is 4.93. The molecule has 4 rings (SSSR count). The van der Waals surface area contributed by atoms with Gasteiger partial charge >= 0.3 is 0 Å². The van der Waals surface area contributed by atoms with Gasteiger partial charge in [-0.1, -0.05) is 6.92 Å². The minimum atomic E-state index is -0.252. The molecule has 1 aromatic carbocycles. The maximum absolute atomic E-state index is 13.6. The van der Waals surface area contributed by atoms with Crippen LogP contribution in [0.4, 0.5) is 5.69 Å². The highest BCUT2D eigenvalue weighted by Crippen LogP contribution is 2.32. The van der Waals surface area contributed by atoms with Gasteiger partial charge in [-0.05, 0) is 50.8 Å². The lowest BCUT2D eigenvalue weighted by Crippen LogP contribution is -2.50. The van der Waals surface area contributed by atoms with E-state index in [1.165, 1.54) is 0 Å². The van der Waals surface area contributed by atoms with Gasteiger partial charge in [-0.15, -0.1) is 0 Å². The number of carbonyl (C=O) groups excluding carboxylic acids is 3. The molecule has 3 atom stereocenters. The Bertz CT molecular complexity index is 959. The molecule has 0 unspecified atom stereocenters. The van der Waals surface area contributed by atoms with Gasteiger partial charge in [0.1, 0.15) is 12.4 Å². The lowest BCUT2D eigenvalue weighted by Gasteiger charge is -2.38. The van der Waals surface area contributed by atoms with E-state index in [4.69, 9.17) is 14.2 Å². The second kappa shape index (κ2) is 11.6. The van der Waals surface area contributed by atoms with Crippen LogP contribution in [0.1, 0.15) is 49.9 Å². The van der Waals surface area contributed by atoms with Crippen LogP contribution >= 0.6 is 0 Å². The van der Waals surface area contributed by atoms with Crippen molar-refractivity contribution in [2.75, 3.05) is 52.4 Å². The van der Waals surface area contributed by atoms with Crippen LogP contribution in [0.2, 0.25) is 0 Å². The lowest BCUT2D eigenvalue weighted by atomic mass is 9.95. The van der Waals surface area contributed by atoms with Crippen molar-refractivity contribution in [2.45, 2.75) is 51.7 Å². The van der Waals surface area contributed by atoms with Crippen LogP contribution < -0.4 is 10.1 Å². The zero-order valence-corrected chi connectivity index (χ0v) is 21.8. The standard InChI is InChI=1S/C27H39N3O6/c1-17-14-30(26(32)20-9-11-35-12-10-20)18(2)16-36-23-8-7-21(28-25(31)19-5-6-19)13-22(23)27(33)29(3)15-24(17)34-4/h7-8,13,17-20,24H,5-6,9-12,14-16H2,1-4H3,(H,28,31)/t17-,18-,24-/m1/s1. The second-order valence-electron chi connectivity index (χ2n) is 10.4. The number of nitrogens with one attached hydrogen (secondary N) is 1. The molecule has 36 heavy (non-hydrogen) atoms. The number of ether oxygens (including phenoxy) is 3. The topological polar surface area (TPSA) is 97.4 Å². The van der Waals surface area contributed by atoms with Gasteiger partial charge in [0, 0.05) is 63.9 Å². The zero-order valence-electron chi connectivity index (χ0n) is 21.8. The average Bonchev–Trinajstić information content (AvgIpc) is 3.74. The molecule has 1 aromatic rings. The Balaban J connectivity index is 1.61. The molecule has 0 spiro atoms. The minimum absolute atomic E-state index is 0.000415. The first kappa shape index (κ1) is 26.4. The number of rotatable bonds is 4. The molecule has 198 valence electrons. The van der Waals surface area contributed by atoms with Crippen LogP contribution in [0, 0.1) is 17.8 Å². The normalized spacial score (nSPS) is 26.3. The molecule has 1 saturated heterocycles. The van der Waals surface area contributed by atoms with Gasteiger partial charge in [0.05, 0.1) is 17.7 Å². The number of benzene rings is 1. The van der Waals surface area contributed by atoms with Crippen LogP contribution in [-0.4, -0.2) is 86.7 Å². The van der Waals surface area contributed by atoms with Crippen molar-refractivity contribution in [3.05, 3.63) is 23.8 Å². The quantitative estimate of drug-likeness (QED) is 0.682. The zero-order chi connectivity index (χ0) is 25.8. The van der Waals surface area contributed by atoms with Gasteiger partial charge in [-0.25, -0.2) is 0 Å². The van der Waals surface area contributed by atoms with Gasteiger partial charge in [0.15, 0.2) is 0 Å². The highest BCUT2D eigenvalue weighted by atomic mass is 16.5. The average molecular weight is 502 g/mol. The summed E-state index contributed by atoms with van der Waals surface area (Å²) in [5.74, 6) is 0.333. The third-order valence-electron chi connectivity index (χ3n) is 7.51. The molecule has 3 aliphatic rings. The van der Waals surface area contributed by atoms with E-state index in [-0.39, 0.29) is 54.2 Å². The Kier molecular flexibility index (Phi) is 8.51. The van der Waals surface area contributed by atoms with E-state index in [1.54, 1.807) is 37.3 Å². The van der Waals surface area contributed by atoms with Crippen molar-refractivity contribution < 1.29 is 28.6 Å². The number of carbonyl (C=O) groups is 3.